The normalized spacial score (nSPS) is 9.88. The molecule has 17 heavy (non-hydrogen) atoms. The van der Waals surface area contributed by atoms with Crippen LogP contribution in [0.1, 0.15) is 11.6 Å². The molecule has 92 valence electrons. The van der Waals surface area contributed by atoms with Gasteiger partial charge in [0, 0.05) is 0 Å². The monoisotopic (exact) mass is 240 g/mol. The van der Waals surface area contributed by atoms with Gasteiger partial charge in [0.05, 0.1) is 39.4 Å². The van der Waals surface area contributed by atoms with Gasteiger partial charge >= 0.3 is 11.9 Å². The Kier molecular flexibility index (Phi) is 4.38. The number of carbonyl (C=O) groups excluding carboxylic acids is 2. The molecule has 7 nitrogen and oxygen atoms in total. The van der Waals surface area contributed by atoms with E-state index < -0.39 is 17.9 Å². The van der Waals surface area contributed by atoms with Gasteiger partial charge in [0.1, 0.15) is 0 Å². The average molecular weight is 240 g/mol. The van der Waals surface area contributed by atoms with E-state index in [4.69, 9.17) is 4.74 Å². The van der Waals surface area contributed by atoms with Gasteiger partial charge < -0.3 is 14.2 Å². The second-order valence-electron chi connectivity index (χ2n) is 2.96. The number of ether oxygens (including phenoxy) is 3. The number of aromatic nitrogens is 2. The predicted octanol–water partition coefficient (Wildman–Crippen LogP) is -0.0852. The van der Waals surface area contributed by atoms with Crippen molar-refractivity contribution in [3.63, 3.8) is 0 Å². The maximum atomic E-state index is 11.4. The summed E-state index contributed by atoms with van der Waals surface area (Å²) in [4.78, 5) is 30.6. The van der Waals surface area contributed by atoms with Gasteiger partial charge in [0.2, 0.25) is 5.88 Å². The summed E-state index contributed by atoms with van der Waals surface area (Å²) >= 11 is 0. The molecule has 0 amide bonds. The molecule has 0 bridgehead atoms. The van der Waals surface area contributed by atoms with Crippen molar-refractivity contribution < 1.29 is 23.8 Å². The van der Waals surface area contributed by atoms with Crippen LogP contribution in [0.2, 0.25) is 0 Å². The number of hydrogen-bond acceptors (Lipinski definition) is 7. The highest BCUT2D eigenvalue weighted by molar-refractivity contribution is 6.00. The molecule has 0 aliphatic heterocycles. The molecule has 1 aromatic heterocycles. The molecular weight excluding hydrogens is 228 g/mol. The SMILES string of the molecule is COC(=O)C(C(=O)OC)c1cnc(OC)cn1. The number of esters is 2. The van der Waals surface area contributed by atoms with Gasteiger partial charge in [-0.15, -0.1) is 0 Å². The zero-order chi connectivity index (χ0) is 12.8. The molecule has 1 aromatic rings. The van der Waals surface area contributed by atoms with Crippen LogP contribution in [0.3, 0.4) is 0 Å². The maximum absolute atomic E-state index is 11.4. The summed E-state index contributed by atoms with van der Waals surface area (Å²) in [5.74, 6) is -2.46. The van der Waals surface area contributed by atoms with Crippen molar-refractivity contribution in [3.8, 4) is 5.88 Å². The predicted molar refractivity (Wildman–Crippen MR) is 55.4 cm³/mol. The van der Waals surface area contributed by atoms with Gasteiger partial charge in [-0.2, -0.15) is 0 Å². The summed E-state index contributed by atoms with van der Waals surface area (Å²) in [5.41, 5.74) is 0.143. The van der Waals surface area contributed by atoms with Crippen molar-refractivity contribution in [2.75, 3.05) is 21.3 Å². The Labute approximate surface area is 97.7 Å². The third-order valence-corrected chi connectivity index (χ3v) is 2.03. The minimum Gasteiger partial charge on any atom is -0.480 e. The summed E-state index contributed by atoms with van der Waals surface area (Å²) < 4.78 is 13.8. The molecule has 7 heteroatoms. The quantitative estimate of drug-likeness (QED) is 0.537. The Morgan fingerprint density at radius 3 is 2.00 bits per heavy atom. The lowest BCUT2D eigenvalue weighted by atomic mass is 10.1. The molecular formula is C10H12N2O5. The molecule has 0 N–H and O–H groups in total. The first-order valence-corrected chi connectivity index (χ1v) is 4.65. The summed E-state index contributed by atoms with van der Waals surface area (Å²) in [6.07, 6.45) is 2.56. The highest BCUT2D eigenvalue weighted by Gasteiger charge is 2.32. The number of nitrogens with zero attached hydrogens (tertiary/aromatic N) is 2. The van der Waals surface area contributed by atoms with Crippen molar-refractivity contribution in [2.24, 2.45) is 0 Å². The van der Waals surface area contributed by atoms with Crippen molar-refractivity contribution >= 4 is 11.9 Å². The van der Waals surface area contributed by atoms with E-state index in [2.05, 4.69) is 19.4 Å². The van der Waals surface area contributed by atoms with Gasteiger partial charge in [0.25, 0.3) is 0 Å². The molecule has 0 unspecified atom stereocenters. The van der Waals surface area contributed by atoms with E-state index in [-0.39, 0.29) is 11.6 Å². The molecule has 0 saturated heterocycles. The van der Waals surface area contributed by atoms with E-state index in [0.717, 1.165) is 0 Å². The van der Waals surface area contributed by atoms with Crippen LogP contribution < -0.4 is 4.74 Å². The molecule has 0 fully saturated rings. The third kappa shape index (κ3) is 2.90. The van der Waals surface area contributed by atoms with Gasteiger partial charge in [-0.3, -0.25) is 14.6 Å². The minimum absolute atomic E-state index is 0.143. The number of rotatable bonds is 4. The molecule has 0 aliphatic carbocycles. The Morgan fingerprint density at radius 1 is 1.06 bits per heavy atom. The zero-order valence-corrected chi connectivity index (χ0v) is 9.67. The third-order valence-electron chi connectivity index (χ3n) is 2.03. The number of carbonyl (C=O) groups is 2. The summed E-state index contributed by atoms with van der Waals surface area (Å²) in [7, 11) is 3.78. The summed E-state index contributed by atoms with van der Waals surface area (Å²) in [6.45, 7) is 0. The van der Waals surface area contributed by atoms with E-state index in [1.54, 1.807) is 0 Å². The lowest BCUT2D eigenvalue weighted by molar-refractivity contribution is -0.154. The standard InChI is InChI=1S/C10H12N2O5/c1-15-7-5-11-6(4-12-7)8(9(13)16-2)10(14)17-3/h4-5,8H,1-3H3. The van der Waals surface area contributed by atoms with Crippen molar-refractivity contribution in [2.45, 2.75) is 5.92 Å². The molecule has 1 heterocycles. The van der Waals surface area contributed by atoms with Gasteiger partial charge in [-0.1, -0.05) is 0 Å². The molecule has 0 saturated carbocycles. The molecule has 0 aliphatic rings. The van der Waals surface area contributed by atoms with Crippen molar-refractivity contribution in [1.29, 1.82) is 0 Å². The molecule has 1 rings (SSSR count). The Hall–Kier alpha value is -2.18. The largest absolute Gasteiger partial charge is 0.480 e. The van der Waals surface area contributed by atoms with Crippen LogP contribution in [0, 0.1) is 0 Å². The Balaban J connectivity index is 3.04. The Morgan fingerprint density at radius 2 is 1.65 bits per heavy atom. The number of hydrogen-bond donors (Lipinski definition) is 0. The van der Waals surface area contributed by atoms with Crippen LogP contribution in [0.25, 0.3) is 0 Å². The lowest BCUT2D eigenvalue weighted by Gasteiger charge is -2.11. The fourth-order valence-electron chi connectivity index (χ4n) is 1.15. The van der Waals surface area contributed by atoms with Crippen molar-refractivity contribution in [3.05, 3.63) is 18.1 Å². The van der Waals surface area contributed by atoms with Crippen LogP contribution in [0.5, 0.6) is 5.88 Å². The smallest absolute Gasteiger partial charge is 0.326 e. The van der Waals surface area contributed by atoms with Gasteiger partial charge in [-0.05, 0) is 0 Å². The first-order valence-electron chi connectivity index (χ1n) is 4.65. The summed E-state index contributed by atoms with van der Waals surface area (Å²) in [6, 6.07) is 0. The molecule has 0 atom stereocenters. The average Bonchev–Trinajstić information content (AvgIpc) is 2.39. The van der Waals surface area contributed by atoms with Gasteiger partial charge in [-0.25, -0.2) is 4.98 Å². The van der Waals surface area contributed by atoms with E-state index >= 15 is 0 Å². The topological polar surface area (TPSA) is 87.6 Å². The van der Waals surface area contributed by atoms with Crippen LogP contribution in [0.15, 0.2) is 12.4 Å². The summed E-state index contributed by atoms with van der Waals surface area (Å²) in [5, 5.41) is 0. The van der Waals surface area contributed by atoms with Crippen LogP contribution >= 0.6 is 0 Å². The van der Waals surface area contributed by atoms with E-state index in [1.165, 1.54) is 33.7 Å². The first-order chi connectivity index (χ1) is 8.13. The fourth-order valence-corrected chi connectivity index (χ4v) is 1.15. The van der Waals surface area contributed by atoms with E-state index in [9.17, 15) is 9.59 Å². The van der Waals surface area contributed by atoms with Crippen LogP contribution in [-0.4, -0.2) is 43.2 Å². The highest BCUT2D eigenvalue weighted by Crippen LogP contribution is 2.17. The van der Waals surface area contributed by atoms with Crippen LogP contribution in [0.4, 0.5) is 0 Å². The highest BCUT2D eigenvalue weighted by atomic mass is 16.5. The van der Waals surface area contributed by atoms with E-state index in [0.29, 0.717) is 0 Å². The minimum atomic E-state index is -1.23. The fraction of sp³-hybridized carbons (Fsp3) is 0.400. The molecule has 0 aromatic carbocycles. The second-order valence-corrected chi connectivity index (χ2v) is 2.96. The maximum Gasteiger partial charge on any atom is 0.326 e. The van der Waals surface area contributed by atoms with E-state index in [1.807, 2.05) is 0 Å². The van der Waals surface area contributed by atoms with Gasteiger partial charge in [0.15, 0.2) is 5.92 Å². The molecule has 0 radical (unpaired) electrons. The second kappa shape index (κ2) is 5.78. The van der Waals surface area contributed by atoms with Crippen molar-refractivity contribution in [1.82, 2.24) is 9.97 Å². The zero-order valence-electron chi connectivity index (χ0n) is 9.67. The first kappa shape index (κ1) is 12.9. The lowest BCUT2D eigenvalue weighted by Crippen LogP contribution is -2.25. The molecule has 0 spiro atoms. The Bertz CT molecular complexity index is 388. The van der Waals surface area contributed by atoms with Crippen LogP contribution in [-0.2, 0) is 19.1 Å². The number of methoxy groups -OCH3 is 3.